The highest BCUT2D eigenvalue weighted by Gasteiger charge is 2.27. The van der Waals surface area contributed by atoms with Gasteiger partial charge in [-0.2, -0.15) is 0 Å². The molecule has 0 saturated carbocycles. The van der Waals surface area contributed by atoms with Gasteiger partial charge in [0.15, 0.2) is 5.78 Å². The summed E-state index contributed by atoms with van der Waals surface area (Å²) in [6, 6.07) is 0. The SMILES string of the molecule is CC(C)(C)OC(=O)NCC(C)(C)C(=O)CCl. The molecular weight excluding hydrogens is 230 g/mol. The molecule has 0 fully saturated rings. The van der Waals surface area contributed by atoms with Gasteiger partial charge < -0.3 is 10.1 Å². The summed E-state index contributed by atoms with van der Waals surface area (Å²) in [5.74, 6) is -0.159. The van der Waals surface area contributed by atoms with Crippen molar-refractivity contribution in [1.29, 1.82) is 0 Å². The third-order valence-electron chi connectivity index (χ3n) is 1.95. The number of ketones is 1. The molecule has 0 aromatic carbocycles. The van der Waals surface area contributed by atoms with E-state index in [2.05, 4.69) is 5.32 Å². The van der Waals surface area contributed by atoms with Crippen LogP contribution >= 0.6 is 11.6 Å². The molecule has 0 aliphatic rings. The smallest absolute Gasteiger partial charge is 0.407 e. The molecule has 0 aromatic rings. The molecule has 0 heterocycles. The molecule has 0 atom stereocenters. The lowest BCUT2D eigenvalue weighted by Crippen LogP contribution is -2.41. The molecule has 0 spiro atoms. The maximum absolute atomic E-state index is 11.4. The quantitative estimate of drug-likeness (QED) is 0.778. The Bertz CT molecular complexity index is 269. The van der Waals surface area contributed by atoms with Gasteiger partial charge in [0.1, 0.15) is 5.60 Å². The standard InChI is InChI=1S/C11H20ClNO3/c1-10(2,3)16-9(15)13-7-11(4,5)8(14)6-12/h6-7H2,1-5H3,(H,13,15). The summed E-state index contributed by atoms with van der Waals surface area (Å²) < 4.78 is 5.05. The molecule has 0 aliphatic carbocycles. The Balaban J connectivity index is 4.15. The molecule has 0 aliphatic heterocycles. The molecular formula is C11H20ClNO3. The number of ether oxygens (including phenoxy) is 1. The summed E-state index contributed by atoms with van der Waals surface area (Å²) >= 11 is 5.46. The van der Waals surface area contributed by atoms with Gasteiger partial charge in [-0.05, 0) is 20.8 Å². The van der Waals surface area contributed by atoms with Crippen LogP contribution in [-0.4, -0.2) is 29.9 Å². The third-order valence-corrected chi connectivity index (χ3v) is 2.19. The molecule has 5 heteroatoms. The Hall–Kier alpha value is -0.770. The number of nitrogens with one attached hydrogen (secondary N) is 1. The molecule has 0 bridgehead atoms. The lowest BCUT2D eigenvalue weighted by atomic mass is 9.89. The van der Waals surface area contributed by atoms with Gasteiger partial charge in [-0.25, -0.2) is 4.79 Å². The Labute approximate surface area is 102 Å². The van der Waals surface area contributed by atoms with Crippen molar-refractivity contribution in [2.75, 3.05) is 12.4 Å². The summed E-state index contributed by atoms with van der Waals surface area (Å²) in [5.41, 5.74) is -1.20. The van der Waals surface area contributed by atoms with Crippen LogP contribution in [0.3, 0.4) is 0 Å². The second kappa shape index (κ2) is 5.53. The summed E-state index contributed by atoms with van der Waals surface area (Å²) in [4.78, 5) is 22.7. The topological polar surface area (TPSA) is 55.4 Å². The van der Waals surface area contributed by atoms with Crippen LogP contribution < -0.4 is 5.32 Å². The summed E-state index contributed by atoms with van der Waals surface area (Å²) in [5, 5.41) is 2.55. The van der Waals surface area contributed by atoms with Crippen LogP contribution in [0.15, 0.2) is 0 Å². The first-order valence-corrected chi connectivity index (χ1v) is 5.68. The fourth-order valence-corrected chi connectivity index (χ4v) is 1.25. The lowest BCUT2D eigenvalue weighted by molar-refractivity contribution is -0.124. The van der Waals surface area contributed by atoms with E-state index in [1.807, 2.05) is 0 Å². The van der Waals surface area contributed by atoms with E-state index in [0.29, 0.717) is 0 Å². The number of hydrogen-bond donors (Lipinski definition) is 1. The van der Waals surface area contributed by atoms with Gasteiger partial charge in [0.05, 0.1) is 5.88 Å². The van der Waals surface area contributed by atoms with Crippen molar-refractivity contribution < 1.29 is 14.3 Å². The first-order valence-electron chi connectivity index (χ1n) is 5.14. The molecule has 0 aromatic heterocycles. The zero-order valence-corrected chi connectivity index (χ0v) is 11.3. The molecule has 1 amide bonds. The van der Waals surface area contributed by atoms with Crippen molar-refractivity contribution in [3.8, 4) is 0 Å². The minimum Gasteiger partial charge on any atom is -0.444 e. The molecule has 16 heavy (non-hydrogen) atoms. The number of halogens is 1. The number of carbonyl (C=O) groups is 2. The fourth-order valence-electron chi connectivity index (χ4n) is 0.887. The second-order valence-corrected chi connectivity index (χ2v) is 5.56. The van der Waals surface area contributed by atoms with Crippen molar-refractivity contribution in [1.82, 2.24) is 5.32 Å². The van der Waals surface area contributed by atoms with Gasteiger partial charge in [-0.3, -0.25) is 4.79 Å². The normalized spacial score (nSPS) is 12.1. The number of amides is 1. The highest BCUT2D eigenvalue weighted by molar-refractivity contribution is 6.28. The number of alkyl carbamates (subject to hydrolysis) is 1. The number of Topliss-reactive ketones (excluding diaryl/α,β-unsaturated/α-hetero) is 1. The zero-order chi connectivity index (χ0) is 13.0. The van der Waals surface area contributed by atoms with E-state index in [1.54, 1.807) is 34.6 Å². The van der Waals surface area contributed by atoms with Gasteiger partial charge in [-0.1, -0.05) is 13.8 Å². The first kappa shape index (κ1) is 15.2. The highest BCUT2D eigenvalue weighted by Crippen LogP contribution is 2.16. The Morgan fingerprint density at radius 3 is 2.06 bits per heavy atom. The van der Waals surface area contributed by atoms with Crippen molar-refractivity contribution >= 4 is 23.5 Å². The van der Waals surface area contributed by atoms with E-state index in [-0.39, 0.29) is 18.2 Å². The minimum absolute atomic E-state index is 0.0526. The highest BCUT2D eigenvalue weighted by atomic mass is 35.5. The van der Waals surface area contributed by atoms with Gasteiger partial charge in [0.2, 0.25) is 0 Å². The molecule has 0 saturated heterocycles. The number of hydrogen-bond acceptors (Lipinski definition) is 3. The van der Waals surface area contributed by atoms with E-state index in [4.69, 9.17) is 16.3 Å². The Kier molecular flexibility index (Phi) is 5.26. The predicted molar refractivity (Wildman–Crippen MR) is 63.7 cm³/mol. The van der Waals surface area contributed by atoms with E-state index in [9.17, 15) is 9.59 Å². The monoisotopic (exact) mass is 249 g/mol. The largest absolute Gasteiger partial charge is 0.444 e. The molecule has 0 rings (SSSR count). The molecule has 4 nitrogen and oxygen atoms in total. The zero-order valence-electron chi connectivity index (χ0n) is 10.5. The Morgan fingerprint density at radius 1 is 1.19 bits per heavy atom. The molecule has 1 N–H and O–H groups in total. The van der Waals surface area contributed by atoms with Gasteiger partial charge in [0, 0.05) is 12.0 Å². The molecule has 0 radical (unpaired) electrons. The average Bonchev–Trinajstić information content (AvgIpc) is 2.11. The Morgan fingerprint density at radius 2 is 1.69 bits per heavy atom. The molecule has 94 valence electrons. The predicted octanol–water partition coefficient (Wildman–Crippen LogP) is 2.35. The average molecular weight is 250 g/mol. The minimum atomic E-state index is -0.668. The van der Waals surface area contributed by atoms with Crippen LogP contribution in [0.4, 0.5) is 4.79 Å². The van der Waals surface area contributed by atoms with Crippen molar-refractivity contribution in [3.05, 3.63) is 0 Å². The maximum atomic E-state index is 11.4. The van der Waals surface area contributed by atoms with Crippen LogP contribution in [0.5, 0.6) is 0 Å². The van der Waals surface area contributed by atoms with E-state index >= 15 is 0 Å². The van der Waals surface area contributed by atoms with Crippen molar-refractivity contribution in [2.45, 2.75) is 40.2 Å². The van der Waals surface area contributed by atoms with Crippen LogP contribution in [0, 0.1) is 5.41 Å². The van der Waals surface area contributed by atoms with Crippen LogP contribution in [-0.2, 0) is 9.53 Å². The second-order valence-electron chi connectivity index (χ2n) is 5.30. The van der Waals surface area contributed by atoms with Crippen LogP contribution in [0.2, 0.25) is 0 Å². The van der Waals surface area contributed by atoms with E-state index in [1.165, 1.54) is 0 Å². The lowest BCUT2D eigenvalue weighted by Gasteiger charge is -2.24. The maximum Gasteiger partial charge on any atom is 0.407 e. The van der Waals surface area contributed by atoms with Gasteiger partial charge in [0.25, 0.3) is 0 Å². The number of rotatable bonds is 4. The van der Waals surface area contributed by atoms with Crippen LogP contribution in [0.1, 0.15) is 34.6 Å². The number of carbonyl (C=O) groups excluding carboxylic acids is 2. The summed E-state index contributed by atoms with van der Waals surface area (Å²) in [6.45, 7) is 9.02. The molecule has 0 unspecified atom stereocenters. The van der Waals surface area contributed by atoms with Gasteiger partial charge >= 0.3 is 6.09 Å². The third kappa shape index (κ3) is 5.95. The van der Waals surface area contributed by atoms with Crippen LogP contribution in [0.25, 0.3) is 0 Å². The first-order chi connectivity index (χ1) is 7.08. The van der Waals surface area contributed by atoms with Crippen molar-refractivity contribution in [3.63, 3.8) is 0 Å². The summed E-state index contributed by atoms with van der Waals surface area (Å²) in [6.07, 6.45) is -0.525. The summed E-state index contributed by atoms with van der Waals surface area (Å²) in [7, 11) is 0. The fraction of sp³-hybridized carbons (Fsp3) is 0.818. The van der Waals surface area contributed by atoms with E-state index in [0.717, 1.165) is 0 Å². The number of alkyl halides is 1. The van der Waals surface area contributed by atoms with E-state index < -0.39 is 17.1 Å². The van der Waals surface area contributed by atoms with Crippen molar-refractivity contribution in [2.24, 2.45) is 5.41 Å². The van der Waals surface area contributed by atoms with Gasteiger partial charge in [-0.15, -0.1) is 11.6 Å².